The molecule has 2 heterocycles. The second-order valence-electron chi connectivity index (χ2n) is 13.8. The minimum absolute atomic E-state index is 0.0972. The molecule has 6 unspecified atom stereocenters. The summed E-state index contributed by atoms with van der Waals surface area (Å²) in [6.45, 7) is 5.75. The largest absolute Gasteiger partial charge is 0.508 e. The number of benzene rings is 4. The van der Waals surface area contributed by atoms with Crippen molar-refractivity contribution < 1.29 is 29.0 Å². The molecule has 3 fully saturated rings. The predicted octanol–water partition coefficient (Wildman–Crippen LogP) is 6.54. The Bertz CT molecular complexity index is 2130. The summed E-state index contributed by atoms with van der Waals surface area (Å²) in [4.78, 5) is 60.0. The summed E-state index contributed by atoms with van der Waals surface area (Å²) in [7, 11) is 1.50. The number of ether oxygens (including phenoxy) is 1. The molecule has 1 saturated carbocycles. The van der Waals surface area contributed by atoms with E-state index in [4.69, 9.17) is 4.74 Å². The van der Waals surface area contributed by atoms with E-state index in [9.17, 15) is 19.5 Å². The van der Waals surface area contributed by atoms with Crippen LogP contribution in [0.4, 0.5) is 11.4 Å². The fourth-order valence-corrected chi connectivity index (χ4v) is 9.08. The average Bonchev–Trinajstić information content (AvgIpc) is 3.53. The molecule has 9 nitrogen and oxygen atoms in total. The molecule has 4 aliphatic rings. The monoisotopic (exact) mass is 679 g/mol. The lowest BCUT2D eigenvalue weighted by Gasteiger charge is -2.50. The molecule has 0 aromatic heterocycles. The number of amides is 4. The Kier molecular flexibility index (Phi) is 7.67. The van der Waals surface area contributed by atoms with Crippen molar-refractivity contribution in [2.75, 3.05) is 17.4 Å². The predicted molar refractivity (Wildman–Crippen MR) is 192 cm³/mol. The highest BCUT2D eigenvalue weighted by molar-refractivity contribution is 6.22. The lowest BCUT2D eigenvalue weighted by atomic mass is 9.49. The van der Waals surface area contributed by atoms with E-state index in [0.717, 1.165) is 21.7 Å². The van der Waals surface area contributed by atoms with Gasteiger partial charge in [0.1, 0.15) is 11.5 Å². The summed E-state index contributed by atoms with van der Waals surface area (Å²) in [5.74, 6) is -5.16. The maximum atomic E-state index is 15.3. The van der Waals surface area contributed by atoms with Crippen LogP contribution in [-0.4, -0.2) is 40.9 Å². The molecule has 2 N–H and O–H groups in total. The Labute approximate surface area is 295 Å². The van der Waals surface area contributed by atoms with Gasteiger partial charge in [0.05, 0.1) is 41.7 Å². The van der Waals surface area contributed by atoms with Crippen molar-refractivity contribution in [3.63, 3.8) is 0 Å². The smallest absolute Gasteiger partial charge is 0.260 e. The topological polar surface area (TPSA) is 116 Å². The normalized spacial score (nSPS) is 26.7. The molecule has 4 aromatic rings. The number of phenols is 1. The third-order valence-electron chi connectivity index (χ3n) is 11.3. The van der Waals surface area contributed by atoms with Gasteiger partial charge in [0.15, 0.2) is 0 Å². The van der Waals surface area contributed by atoms with E-state index in [1.165, 1.54) is 12.0 Å². The van der Waals surface area contributed by atoms with Crippen LogP contribution in [0.3, 0.4) is 0 Å². The van der Waals surface area contributed by atoms with Gasteiger partial charge in [-0.05, 0) is 73.2 Å². The number of allylic oxidation sites excluding steroid dienone is 2. The number of fused-ring (bicyclic) bond motifs is 4. The lowest BCUT2D eigenvalue weighted by Crippen LogP contribution is -2.53. The third kappa shape index (κ3) is 4.67. The molecule has 9 heteroatoms. The number of nitrogens with one attached hydrogen (secondary N) is 1. The molecule has 2 saturated heterocycles. The van der Waals surface area contributed by atoms with Crippen molar-refractivity contribution >= 4 is 41.1 Å². The number of rotatable bonds is 7. The number of hydrogen-bond acceptors (Lipinski definition) is 7. The first kappa shape index (κ1) is 32.3. The van der Waals surface area contributed by atoms with E-state index in [1.54, 1.807) is 36.4 Å². The fraction of sp³-hybridized carbons (Fsp3) is 0.238. The first-order chi connectivity index (χ1) is 24.7. The summed E-state index contributed by atoms with van der Waals surface area (Å²) in [5.41, 5.74) is 6.19. The maximum absolute atomic E-state index is 15.3. The van der Waals surface area contributed by atoms with Gasteiger partial charge in [-0.1, -0.05) is 90.5 Å². The molecule has 2 aliphatic carbocycles. The van der Waals surface area contributed by atoms with Gasteiger partial charge in [-0.3, -0.25) is 29.5 Å². The van der Waals surface area contributed by atoms with Crippen LogP contribution in [0.1, 0.15) is 41.0 Å². The Morgan fingerprint density at radius 2 is 1.59 bits per heavy atom. The summed E-state index contributed by atoms with van der Waals surface area (Å²) >= 11 is 0. The Hall–Kier alpha value is -5.96. The highest BCUT2D eigenvalue weighted by atomic mass is 16.5. The second kappa shape index (κ2) is 12.1. The van der Waals surface area contributed by atoms with Crippen molar-refractivity contribution in [2.45, 2.75) is 31.1 Å². The van der Waals surface area contributed by atoms with E-state index in [0.29, 0.717) is 28.3 Å². The van der Waals surface area contributed by atoms with Crippen molar-refractivity contribution in [1.29, 1.82) is 0 Å². The minimum atomic E-state index is -1.52. The zero-order valence-corrected chi connectivity index (χ0v) is 28.3. The van der Waals surface area contributed by atoms with Crippen LogP contribution in [0.2, 0.25) is 0 Å². The van der Waals surface area contributed by atoms with Crippen molar-refractivity contribution in [2.24, 2.45) is 23.7 Å². The molecule has 0 bridgehead atoms. The number of nitrogens with zero attached hydrogens (tertiary/aromatic N) is 2. The quantitative estimate of drug-likeness (QED) is 0.168. The molecule has 2 aliphatic heterocycles. The number of aromatic hydroxyl groups is 1. The van der Waals surface area contributed by atoms with E-state index in [1.807, 2.05) is 79.7 Å². The molecule has 6 atom stereocenters. The van der Waals surface area contributed by atoms with Gasteiger partial charge in [0.25, 0.3) is 11.8 Å². The third-order valence-corrected chi connectivity index (χ3v) is 11.3. The first-order valence-corrected chi connectivity index (χ1v) is 17.1. The van der Waals surface area contributed by atoms with Crippen LogP contribution in [-0.2, 0) is 24.6 Å². The zero-order chi connectivity index (χ0) is 35.6. The van der Waals surface area contributed by atoms with Crippen LogP contribution >= 0.6 is 0 Å². The number of carbonyl (C=O) groups is 4. The number of phenolic OH excluding ortho intramolecular Hbond substituents is 1. The number of anilines is 2. The maximum Gasteiger partial charge on any atom is 0.260 e. The number of hydrazine groups is 1. The average molecular weight is 680 g/mol. The van der Waals surface area contributed by atoms with E-state index in [-0.39, 0.29) is 30.4 Å². The van der Waals surface area contributed by atoms with Crippen LogP contribution in [0.25, 0.3) is 6.08 Å². The molecular weight excluding hydrogens is 642 g/mol. The van der Waals surface area contributed by atoms with Crippen LogP contribution in [0, 0.1) is 30.6 Å². The molecule has 0 spiro atoms. The lowest BCUT2D eigenvalue weighted by molar-refractivity contribution is -0.138. The number of aryl methyl sites for hydroxylation is 1. The number of imide groups is 2. The number of hydrogen-bond donors (Lipinski definition) is 2. The van der Waals surface area contributed by atoms with Gasteiger partial charge in [0.2, 0.25) is 11.8 Å². The molecule has 4 aromatic carbocycles. The molecule has 256 valence electrons. The van der Waals surface area contributed by atoms with Gasteiger partial charge >= 0.3 is 0 Å². The van der Waals surface area contributed by atoms with Gasteiger partial charge in [-0.15, -0.1) is 0 Å². The van der Waals surface area contributed by atoms with Gasteiger partial charge in [0, 0.05) is 11.5 Å². The highest BCUT2D eigenvalue weighted by Gasteiger charge is 2.71. The molecule has 4 amide bonds. The first-order valence-electron chi connectivity index (χ1n) is 17.1. The molecule has 51 heavy (non-hydrogen) atoms. The highest BCUT2D eigenvalue weighted by Crippen LogP contribution is 2.66. The zero-order valence-electron chi connectivity index (χ0n) is 28.3. The molecular formula is C42H37N3O6. The van der Waals surface area contributed by atoms with Gasteiger partial charge < -0.3 is 9.84 Å². The van der Waals surface area contributed by atoms with Crippen LogP contribution in [0.5, 0.6) is 11.5 Å². The van der Waals surface area contributed by atoms with E-state index >= 15 is 4.79 Å². The minimum Gasteiger partial charge on any atom is -0.508 e. The Morgan fingerprint density at radius 1 is 0.863 bits per heavy atom. The van der Waals surface area contributed by atoms with Gasteiger partial charge in [-0.2, -0.15) is 5.01 Å². The number of carbonyl (C=O) groups excluding carboxylic acids is 4. The summed E-state index contributed by atoms with van der Waals surface area (Å²) in [6.07, 6.45) is 4.07. The second-order valence-corrected chi connectivity index (χ2v) is 13.8. The summed E-state index contributed by atoms with van der Waals surface area (Å²) in [5, 5.41) is 12.8. The van der Waals surface area contributed by atoms with Crippen molar-refractivity contribution in [3.05, 3.63) is 138 Å². The SMILES string of the molecule is C=Cc1ccc(N2C(=O)C3CC=C4C(CC5C(=O)N(Nc6ccc(C)cc6)C(=O)C5(c5ccccc5)C4c4c(O)cccc4OC)C3C2=O)cc1. The molecule has 0 radical (unpaired) electrons. The fourth-order valence-electron chi connectivity index (χ4n) is 9.08. The van der Waals surface area contributed by atoms with Crippen LogP contribution < -0.4 is 15.1 Å². The standard InChI is InChI=1S/C42H37N3O6/c1-4-25-15-19-28(20-16-25)44-38(47)30-22-21-29-31(35(30)40(44)49)23-32-39(48)45(43-27-17-13-24(2)14-18-27)41(50)42(32,26-9-6-5-7-10-26)37(29)36-33(46)11-8-12-34(36)51-3/h4-21,30-32,35,37,43,46H,1,22-23H2,2-3H3. The van der Waals surface area contributed by atoms with E-state index in [2.05, 4.69) is 12.0 Å². The van der Waals surface area contributed by atoms with E-state index < -0.39 is 46.8 Å². The Morgan fingerprint density at radius 3 is 2.27 bits per heavy atom. The number of methoxy groups -OCH3 is 1. The van der Waals surface area contributed by atoms with Crippen molar-refractivity contribution in [1.82, 2.24) is 5.01 Å². The van der Waals surface area contributed by atoms with Crippen LogP contribution in [0.15, 0.2) is 115 Å². The molecule has 8 rings (SSSR count). The summed E-state index contributed by atoms with van der Waals surface area (Å²) in [6, 6.07) is 28.6. The summed E-state index contributed by atoms with van der Waals surface area (Å²) < 4.78 is 5.85. The van der Waals surface area contributed by atoms with Crippen molar-refractivity contribution in [3.8, 4) is 11.5 Å². The Balaban J connectivity index is 1.33. The van der Waals surface area contributed by atoms with Gasteiger partial charge in [-0.25, -0.2) is 0 Å².